The van der Waals surface area contributed by atoms with Gasteiger partial charge < -0.3 is 4.42 Å². The van der Waals surface area contributed by atoms with E-state index in [1.807, 2.05) is 0 Å². The standard InChI is InChI=1S/C19H19BrN4O4/c1-2-3-6-11-24-19(27)13-8-5-4-7-12(13)16(23-24)18(26)22-21-17(25)14-9-10-15(20)28-14/h4-5,7-10H,2-3,6,11H2,1H3,(H,21,25)(H,22,26). The first-order valence-electron chi connectivity index (χ1n) is 8.87. The predicted molar refractivity (Wildman–Crippen MR) is 107 cm³/mol. The Morgan fingerprint density at radius 1 is 1.07 bits per heavy atom. The van der Waals surface area contributed by atoms with Crippen molar-refractivity contribution in [1.29, 1.82) is 0 Å². The van der Waals surface area contributed by atoms with Crippen molar-refractivity contribution in [3.8, 4) is 0 Å². The van der Waals surface area contributed by atoms with Crippen LogP contribution in [0.15, 0.2) is 50.3 Å². The molecular formula is C19H19BrN4O4. The zero-order valence-corrected chi connectivity index (χ0v) is 16.8. The largest absolute Gasteiger partial charge is 0.444 e. The van der Waals surface area contributed by atoms with E-state index < -0.39 is 11.8 Å². The number of benzene rings is 1. The molecule has 0 radical (unpaired) electrons. The number of nitrogens with one attached hydrogen (secondary N) is 2. The number of furan rings is 1. The van der Waals surface area contributed by atoms with Gasteiger partial charge in [0.2, 0.25) is 0 Å². The van der Waals surface area contributed by atoms with Crippen LogP contribution in [0.5, 0.6) is 0 Å². The summed E-state index contributed by atoms with van der Waals surface area (Å²) in [5, 5.41) is 5.06. The molecule has 2 amide bonds. The van der Waals surface area contributed by atoms with Crippen LogP contribution >= 0.6 is 15.9 Å². The van der Waals surface area contributed by atoms with Crippen LogP contribution in [0.3, 0.4) is 0 Å². The number of aryl methyl sites for hydroxylation is 1. The highest BCUT2D eigenvalue weighted by atomic mass is 79.9. The Morgan fingerprint density at radius 3 is 2.46 bits per heavy atom. The predicted octanol–water partition coefficient (Wildman–Crippen LogP) is 3.02. The minimum absolute atomic E-state index is 0.0366. The summed E-state index contributed by atoms with van der Waals surface area (Å²) in [6.45, 7) is 2.49. The molecule has 0 fully saturated rings. The molecule has 2 aromatic heterocycles. The molecule has 3 rings (SSSR count). The summed E-state index contributed by atoms with van der Waals surface area (Å²) in [5.41, 5.74) is 4.42. The SMILES string of the molecule is CCCCCn1nc(C(=O)NNC(=O)c2ccc(Br)o2)c2ccccc2c1=O. The fourth-order valence-corrected chi connectivity index (χ4v) is 3.04. The Balaban J connectivity index is 1.85. The first-order valence-corrected chi connectivity index (χ1v) is 9.66. The van der Waals surface area contributed by atoms with Crippen LogP contribution in [0.4, 0.5) is 0 Å². The molecule has 0 aliphatic rings. The normalized spacial score (nSPS) is 10.8. The van der Waals surface area contributed by atoms with Gasteiger partial charge in [-0.2, -0.15) is 5.10 Å². The number of carbonyl (C=O) groups excluding carboxylic acids is 2. The second kappa shape index (κ2) is 8.83. The van der Waals surface area contributed by atoms with Crippen molar-refractivity contribution in [2.45, 2.75) is 32.7 Å². The van der Waals surface area contributed by atoms with Gasteiger partial charge in [-0.1, -0.05) is 38.0 Å². The maximum Gasteiger partial charge on any atom is 0.305 e. The molecule has 0 aliphatic carbocycles. The highest BCUT2D eigenvalue weighted by Gasteiger charge is 2.18. The second-order valence-electron chi connectivity index (χ2n) is 6.14. The number of halogens is 1. The quantitative estimate of drug-likeness (QED) is 0.447. The molecule has 0 unspecified atom stereocenters. The van der Waals surface area contributed by atoms with Crippen LogP contribution in [0.25, 0.3) is 10.8 Å². The van der Waals surface area contributed by atoms with Crippen LogP contribution in [-0.2, 0) is 6.54 Å². The Bertz CT molecular complexity index is 1070. The summed E-state index contributed by atoms with van der Waals surface area (Å²) < 4.78 is 6.84. The van der Waals surface area contributed by atoms with Gasteiger partial charge in [0.05, 0.1) is 5.39 Å². The van der Waals surface area contributed by atoms with Crippen LogP contribution < -0.4 is 16.4 Å². The van der Waals surface area contributed by atoms with E-state index in [0.717, 1.165) is 19.3 Å². The van der Waals surface area contributed by atoms with E-state index in [-0.39, 0.29) is 17.0 Å². The maximum absolute atomic E-state index is 12.6. The molecule has 146 valence electrons. The average molecular weight is 447 g/mol. The van der Waals surface area contributed by atoms with E-state index in [9.17, 15) is 14.4 Å². The van der Waals surface area contributed by atoms with E-state index >= 15 is 0 Å². The molecule has 9 heteroatoms. The van der Waals surface area contributed by atoms with Crippen molar-refractivity contribution in [1.82, 2.24) is 20.6 Å². The smallest absolute Gasteiger partial charge is 0.305 e. The monoisotopic (exact) mass is 446 g/mol. The van der Waals surface area contributed by atoms with Crippen molar-refractivity contribution in [3.63, 3.8) is 0 Å². The average Bonchev–Trinajstić information content (AvgIpc) is 3.14. The van der Waals surface area contributed by atoms with Crippen molar-refractivity contribution >= 4 is 38.5 Å². The third kappa shape index (κ3) is 4.30. The summed E-state index contributed by atoms with van der Waals surface area (Å²) in [4.78, 5) is 37.3. The molecule has 3 aromatic rings. The molecule has 2 heterocycles. The van der Waals surface area contributed by atoms with E-state index in [2.05, 4.69) is 38.8 Å². The van der Waals surface area contributed by atoms with Gasteiger partial charge in [-0.05, 0) is 40.5 Å². The first-order chi connectivity index (χ1) is 13.5. The number of hydrogen-bond acceptors (Lipinski definition) is 5. The molecule has 0 bridgehead atoms. The van der Waals surface area contributed by atoms with Gasteiger partial charge in [0.25, 0.3) is 11.5 Å². The number of hydrazine groups is 1. The topological polar surface area (TPSA) is 106 Å². The molecule has 0 saturated carbocycles. The summed E-state index contributed by atoms with van der Waals surface area (Å²) in [6, 6.07) is 9.80. The highest BCUT2D eigenvalue weighted by molar-refractivity contribution is 9.10. The molecule has 8 nitrogen and oxygen atoms in total. The van der Waals surface area contributed by atoms with E-state index in [0.29, 0.717) is 22.0 Å². The molecule has 2 N–H and O–H groups in total. The van der Waals surface area contributed by atoms with Gasteiger partial charge in [-0.25, -0.2) is 4.68 Å². The molecule has 0 aliphatic heterocycles. The lowest BCUT2D eigenvalue weighted by atomic mass is 10.1. The Labute approximate surface area is 169 Å². The number of nitrogens with zero attached hydrogens (tertiary/aromatic N) is 2. The molecule has 0 atom stereocenters. The van der Waals surface area contributed by atoms with Crippen molar-refractivity contribution in [3.05, 3.63) is 62.9 Å². The van der Waals surface area contributed by atoms with Gasteiger partial charge in [0.1, 0.15) is 0 Å². The lowest BCUT2D eigenvalue weighted by Gasteiger charge is -2.11. The number of aromatic nitrogens is 2. The van der Waals surface area contributed by atoms with E-state index in [4.69, 9.17) is 4.42 Å². The number of rotatable bonds is 6. The summed E-state index contributed by atoms with van der Waals surface area (Å²) in [5.74, 6) is -1.20. The van der Waals surface area contributed by atoms with Gasteiger partial charge in [-0.15, -0.1) is 0 Å². The Hall–Kier alpha value is -2.94. The molecule has 0 saturated heterocycles. The third-order valence-corrected chi connectivity index (χ3v) is 4.57. The molecule has 0 spiro atoms. The third-order valence-electron chi connectivity index (χ3n) is 4.14. The second-order valence-corrected chi connectivity index (χ2v) is 6.92. The molecule has 28 heavy (non-hydrogen) atoms. The van der Waals surface area contributed by atoms with Crippen LogP contribution in [0.2, 0.25) is 0 Å². The summed E-state index contributed by atoms with van der Waals surface area (Å²) in [6.07, 6.45) is 2.74. The first kappa shape index (κ1) is 19.8. The lowest BCUT2D eigenvalue weighted by molar-refractivity contribution is 0.0827. The fraction of sp³-hybridized carbons (Fsp3) is 0.263. The number of unbranched alkanes of at least 4 members (excludes halogenated alkanes) is 2. The summed E-state index contributed by atoms with van der Waals surface area (Å²) in [7, 11) is 0. The lowest BCUT2D eigenvalue weighted by Crippen LogP contribution is -2.42. The Kier molecular flexibility index (Phi) is 6.25. The minimum Gasteiger partial charge on any atom is -0.444 e. The highest BCUT2D eigenvalue weighted by Crippen LogP contribution is 2.15. The van der Waals surface area contributed by atoms with Crippen LogP contribution in [-0.4, -0.2) is 21.6 Å². The fourth-order valence-electron chi connectivity index (χ4n) is 2.74. The van der Waals surface area contributed by atoms with Gasteiger partial charge >= 0.3 is 5.91 Å². The molecular weight excluding hydrogens is 428 g/mol. The van der Waals surface area contributed by atoms with E-state index in [1.54, 1.807) is 30.3 Å². The van der Waals surface area contributed by atoms with Gasteiger partial charge in [0.15, 0.2) is 16.1 Å². The van der Waals surface area contributed by atoms with Crippen molar-refractivity contribution < 1.29 is 14.0 Å². The maximum atomic E-state index is 12.6. The van der Waals surface area contributed by atoms with Gasteiger partial charge in [0, 0.05) is 11.9 Å². The van der Waals surface area contributed by atoms with Gasteiger partial charge in [-0.3, -0.25) is 25.2 Å². The van der Waals surface area contributed by atoms with Crippen molar-refractivity contribution in [2.24, 2.45) is 0 Å². The number of amides is 2. The van der Waals surface area contributed by atoms with Crippen LogP contribution in [0, 0.1) is 0 Å². The number of carbonyl (C=O) groups is 2. The Morgan fingerprint density at radius 2 is 1.79 bits per heavy atom. The number of fused-ring (bicyclic) bond motifs is 1. The number of hydrogen-bond donors (Lipinski definition) is 2. The summed E-state index contributed by atoms with van der Waals surface area (Å²) >= 11 is 3.11. The molecule has 1 aromatic carbocycles. The van der Waals surface area contributed by atoms with Crippen molar-refractivity contribution in [2.75, 3.05) is 0 Å². The minimum atomic E-state index is -0.626. The van der Waals surface area contributed by atoms with E-state index in [1.165, 1.54) is 10.7 Å². The zero-order chi connectivity index (χ0) is 20.1. The van der Waals surface area contributed by atoms with Crippen LogP contribution in [0.1, 0.15) is 47.2 Å². The zero-order valence-electron chi connectivity index (χ0n) is 15.2.